The van der Waals surface area contributed by atoms with Gasteiger partial charge in [-0.2, -0.15) is 0 Å². The molecule has 0 fully saturated rings. The highest BCUT2D eigenvalue weighted by atomic mass is 16.5. The van der Waals surface area contributed by atoms with E-state index in [1.807, 2.05) is 18.2 Å². The number of carbonyl (C=O) groups is 1. The zero-order chi connectivity index (χ0) is 12.5. The second kappa shape index (κ2) is 4.36. The van der Waals surface area contributed by atoms with Gasteiger partial charge in [-0.15, -0.1) is 0 Å². The van der Waals surface area contributed by atoms with Gasteiger partial charge in [-0.25, -0.2) is 0 Å². The molecule has 0 saturated carbocycles. The van der Waals surface area contributed by atoms with Crippen LogP contribution in [-0.4, -0.2) is 5.97 Å². The van der Waals surface area contributed by atoms with Gasteiger partial charge in [0.1, 0.15) is 5.75 Å². The Morgan fingerprint density at radius 1 is 1.35 bits per heavy atom. The van der Waals surface area contributed by atoms with E-state index < -0.39 is 0 Å². The molecule has 0 unspecified atom stereocenters. The number of rotatable bonds is 2. The molecule has 0 amide bonds. The molecule has 0 bridgehead atoms. The van der Waals surface area contributed by atoms with Gasteiger partial charge in [0.2, 0.25) is 0 Å². The number of para-hydroxylation sites is 1. The summed E-state index contributed by atoms with van der Waals surface area (Å²) in [6.45, 7) is 5.81. The first kappa shape index (κ1) is 11.9. The number of ether oxygens (including phenoxy) is 1. The lowest BCUT2D eigenvalue weighted by Crippen LogP contribution is -2.21. The molecule has 2 heteroatoms. The van der Waals surface area contributed by atoms with Crippen LogP contribution in [0.4, 0.5) is 0 Å². The lowest BCUT2D eigenvalue weighted by Gasteiger charge is -2.28. The van der Waals surface area contributed by atoms with Crippen molar-refractivity contribution in [3.8, 4) is 5.75 Å². The summed E-state index contributed by atoms with van der Waals surface area (Å²) in [7, 11) is 0. The fourth-order valence-corrected chi connectivity index (χ4v) is 2.51. The van der Waals surface area contributed by atoms with E-state index in [1.54, 1.807) is 0 Å². The molecule has 1 aliphatic rings. The molecule has 1 aromatic rings. The highest BCUT2D eigenvalue weighted by Crippen LogP contribution is 2.44. The van der Waals surface area contributed by atoms with Crippen molar-refractivity contribution in [2.45, 2.75) is 39.0 Å². The largest absolute Gasteiger partial charge is 0.426 e. The molecular weight excluding hydrogens is 212 g/mol. The third-order valence-corrected chi connectivity index (χ3v) is 3.70. The molecule has 90 valence electrons. The van der Waals surface area contributed by atoms with Crippen molar-refractivity contribution in [2.75, 3.05) is 0 Å². The molecule has 2 rings (SSSR count). The lowest BCUT2D eigenvalue weighted by atomic mass is 9.77. The van der Waals surface area contributed by atoms with Crippen LogP contribution in [0.15, 0.2) is 35.9 Å². The van der Waals surface area contributed by atoms with Gasteiger partial charge in [0.05, 0.1) is 0 Å². The van der Waals surface area contributed by atoms with Crippen molar-refractivity contribution < 1.29 is 9.53 Å². The monoisotopic (exact) mass is 230 g/mol. The third kappa shape index (κ3) is 2.12. The highest BCUT2D eigenvalue weighted by Gasteiger charge is 2.34. The molecule has 2 nitrogen and oxygen atoms in total. The second-order valence-electron chi connectivity index (χ2n) is 4.85. The Kier molecular flexibility index (Phi) is 3.05. The first-order valence-corrected chi connectivity index (χ1v) is 5.99. The molecule has 0 N–H and O–H groups in total. The SMILES string of the molecule is CC(=O)Oc1ccccc1[C@]1(C)CCC=C1C. The van der Waals surface area contributed by atoms with Gasteiger partial charge in [0.25, 0.3) is 0 Å². The summed E-state index contributed by atoms with van der Waals surface area (Å²) in [4.78, 5) is 11.1. The third-order valence-electron chi connectivity index (χ3n) is 3.70. The summed E-state index contributed by atoms with van der Waals surface area (Å²) in [5.41, 5.74) is 2.48. The quantitative estimate of drug-likeness (QED) is 0.441. The Balaban J connectivity index is 2.45. The van der Waals surface area contributed by atoms with Crippen LogP contribution in [0.25, 0.3) is 0 Å². The minimum atomic E-state index is -0.263. The van der Waals surface area contributed by atoms with E-state index >= 15 is 0 Å². The van der Waals surface area contributed by atoms with Crippen molar-refractivity contribution >= 4 is 5.97 Å². The van der Waals surface area contributed by atoms with E-state index in [2.05, 4.69) is 26.0 Å². The fraction of sp³-hybridized carbons (Fsp3) is 0.400. The van der Waals surface area contributed by atoms with Crippen LogP contribution in [0.1, 0.15) is 39.2 Å². The molecule has 0 heterocycles. The van der Waals surface area contributed by atoms with Gasteiger partial charge in [-0.1, -0.05) is 36.8 Å². The molecule has 1 aromatic carbocycles. The van der Waals surface area contributed by atoms with Crippen molar-refractivity contribution in [1.29, 1.82) is 0 Å². The minimum absolute atomic E-state index is 0.00600. The van der Waals surface area contributed by atoms with Crippen molar-refractivity contribution in [3.05, 3.63) is 41.5 Å². The van der Waals surface area contributed by atoms with Gasteiger partial charge in [0.15, 0.2) is 0 Å². The van der Waals surface area contributed by atoms with Gasteiger partial charge < -0.3 is 4.74 Å². The van der Waals surface area contributed by atoms with Crippen molar-refractivity contribution in [1.82, 2.24) is 0 Å². The molecule has 0 aromatic heterocycles. The van der Waals surface area contributed by atoms with Crippen LogP contribution in [0, 0.1) is 0 Å². The molecule has 1 aliphatic carbocycles. The summed E-state index contributed by atoms with van der Waals surface area (Å²) in [5.74, 6) is 0.429. The van der Waals surface area contributed by atoms with Gasteiger partial charge >= 0.3 is 5.97 Å². The maximum Gasteiger partial charge on any atom is 0.308 e. The van der Waals surface area contributed by atoms with E-state index in [0.717, 1.165) is 18.4 Å². The summed E-state index contributed by atoms with van der Waals surface area (Å²) < 4.78 is 5.31. The maximum absolute atomic E-state index is 11.1. The van der Waals surface area contributed by atoms with E-state index in [1.165, 1.54) is 12.5 Å². The van der Waals surface area contributed by atoms with Crippen LogP contribution in [0.3, 0.4) is 0 Å². The molecule has 0 radical (unpaired) electrons. The zero-order valence-electron chi connectivity index (χ0n) is 10.6. The molecular formula is C15H18O2. The number of benzene rings is 1. The molecule has 0 aliphatic heterocycles. The molecule has 0 spiro atoms. The summed E-state index contributed by atoms with van der Waals surface area (Å²) >= 11 is 0. The van der Waals surface area contributed by atoms with E-state index in [0.29, 0.717) is 5.75 Å². The number of carbonyl (C=O) groups excluding carboxylic acids is 1. The van der Waals surface area contributed by atoms with Crippen LogP contribution in [0.5, 0.6) is 5.75 Å². The Morgan fingerprint density at radius 3 is 2.65 bits per heavy atom. The Morgan fingerprint density at radius 2 is 2.06 bits per heavy atom. The average Bonchev–Trinajstić information content (AvgIpc) is 2.60. The van der Waals surface area contributed by atoms with E-state index in [9.17, 15) is 4.79 Å². The molecule has 1 atom stereocenters. The smallest absolute Gasteiger partial charge is 0.308 e. The normalized spacial score (nSPS) is 23.4. The number of hydrogen-bond donors (Lipinski definition) is 0. The number of hydrogen-bond acceptors (Lipinski definition) is 2. The van der Waals surface area contributed by atoms with Gasteiger partial charge in [-0.05, 0) is 25.8 Å². The maximum atomic E-state index is 11.1. The summed E-state index contributed by atoms with van der Waals surface area (Å²) in [6, 6.07) is 7.83. The minimum Gasteiger partial charge on any atom is -0.426 e. The van der Waals surface area contributed by atoms with E-state index in [4.69, 9.17) is 4.74 Å². The lowest BCUT2D eigenvalue weighted by molar-refractivity contribution is -0.131. The predicted octanol–water partition coefficient (Wildman–Crippen LogP) is 3.61. The first-order chi connectivity index (χ1) is 8.04. The van der Waals surface area contributed by atoms with Gasteiger partial charge in [0, 0.05) is 17.9 Å². The first-order valence-electron chi connectivity index (χ1n) is 5.99. The van der Waals surface area contributed by atoms with Crippen molar-refractivity contribution in [3.63, 3.8) is 0 Å². The summed E-state index contributed by atoms with van der Waals surface area (Å²) in [6.07, 6.45) is 4.44. The van der Waals surface area contributed by atoms with Crippen molar-refractivity contribution in [2.24, 2.45) is 0 Å². The van der Waals surface area contributed by atoms with Gasteiger partial charge in [-0.3, -0.25) is 4.79 Å². The topological polar surface area (TPSA) is 26.3 Å². The zero-order valence-corrected chi connectivity index (χ0v) is 10.6. The Hall–Kier alpha value is -1.57. The van der Waals surface area contributed by atoms with Crippen LogP contribution in [0.2, 0.25) is 0 Å². The highest BCUT2D eigenvalue weighted by molar-refractivity contribution is 5.70. The molecule has 0 saturated heterocycles. The average molecular weight is 230 g/mol. The second-order valence-corrected chi connectivity index (χ2v) is 4.85. The fourth-order valence-electron chi connectivity index (χ4n) is 2.51. The van der Waals surface area contributed by atoms with Crippen LogP contribution < -0.4 is 4.74 Å². The Bertz CT molecular complexity index is 474. The number of esters is 1. The van der Waals surface area contributed by atoms with Crippen LogP contribution >= 0.6 is 0 Å². The van der Waals surface area contributed by atoms with E-state index in [-0.39, 0.29) is 11.4 Å². The summed E-state index contributed by atoms with van der Waals surface area (Å²) in [5, 5.41) is 0. The Labute approximate surface area is 102 Å². The molecule has 17 heavy (non-hydrogen) atoms. The predicted molar refractivity (Wildman–Crippen MR) is 68.1 cm³/mol. The standard InChI is InChI=1S/C15H18O2/c1-11-7-6-10-15(11,3)13-8-4-5-9-14(13)17-12(2)16/h4-5,7-9H,6,10H2,1-3H3/t15-/m1/s1. The number of allylic oxidation sites excluding steroid dienone is 2. The van der Waals surface area contributed by atoms with Crippen LogP contribution in [-0.2, 0) is 10.2 Å².